The Morgan fingerprint density at radius 2 is 0.500 bits per heavy atom. The molecule has 0 saturated carbocycles. The number of hydrogen-bond donors (Lipinski definition) is 0. The van der Waals surface area contributed by atoms with Gasteiger partial charge in [0.2, 0.25) is 0 Å². The van der Waals surface area contributed by atoms with Crippen molar-refractivity contribution < 1.29 is 84.3 Å². The van der Waals surface area contributed by atoms with E-state index in [2.05, 4.69) is 0 Å². The van der Waals surface area contributed by atoms with Crippen molar-refractivity contribution in [1.82, 2.24) is 0 Å². The molecule has 0 aliphatic carbocycles. The SMILES string of the molecule is CCCC([O-])CC[O-].CCCC([O-])CC[O-].CCCC([O-])CC[O-].CCCC([O-])CC[O-].[Ti+4].[Ti+4]. The first-order valence-electron chi connectivity index (χ1n) is 12.2. The Kier molecular flexibility index (Phi) is 62.6. The normalized spacial score (nSPS) is 13.1. The number of hydrogen-bond acceptors (Lipinski definition) is 8. The van der Waals surface area contributed by atoms with Gasteiger partial charge in [-0.2, -0.15) is 0 Å². The minimum absolute atomic E-state index is 0. The Morgan fingerprint density at radius 1 is 0.353 bits per heavy atom. The van der Waals surface area contributed by atoms with Gasteiger partial charge in [0, 0.05) is 0 Å². The van der Waals surface area contributed by atoms with Crippen molar-refractivity contribution in [1.29, 1.82) is 0 Å². The maximum atomic E-state index is 10.5. The van der Waals surface area contributed by atoms with Gasteiger partial charge in [-0.1, -0.05) is 105 Å². The molecule has 0 fully saturated rings. The van der Waals surface area contributed by atoms with Gasteiger partial charge in [-0.05, 0) is 0 Å². The first kappa shape index (κ1) is 48.2. The summed E-state index contributed by atoms with van der Waals surface area (Å²) < 4.78 is 0. The van der Waals surface area contributed by atoms with Gasteiger partial charge >= 0.3 is 43.4 Å². The molecule has 0 heterocycles. The predicted octanol–water partition coefficient (Wildman–Crippen LogP) is -2.94. The molecule has 0 radical (unpaired) electrons. The van der Waals surface area contributed by atoms with Crippen LogP contribution in [-0.2, 0) is 43.4 Å². The molecule has 4 unspecified atom stereocenters. The van der Waals surface area contributed by atoms with E-state index in [1.54, 1.807) is 0 Å². The summed E-state index contributed by atoms with van der Waals surface area (Å²) in [6.45, 7) is 6.96. The second-order valence-electron chi connectivity index (χ2n) is 7.61. The largest absolute Gasteiger partial charge is 4.00 e. The number of rotatable bonds is 16. The maximum Gasteiger partial charge on any atom is 4.00 e. The minimum Gasteiger partial charge on any atom is -0.854 e. The van der Waals surface area contributed by atoms with Crippen LogP contribution in [0.1, 0.15) is 105 Å². The van der Waals surface area contributed by atoms with Crippen LogP contribution < -0.4 is 40.9 Å². The molecule has 0 aromatic rings. The van der Waals surface area contributed by atoms with Gasteiger partial charge in [-0.3, -0.25) is 0 Å². The zero-order valence-corrected chi connectivity index (χ0v) is 25.0. The monoisotopic (exact) mass is 560 g/mol. The maximum absolute atomic E-state index is 10.5. The van der Waals surface area contributed by atoms with Crippen LogP contribution in [0.3, 0.4) is 0 Å². The fourth-order valence-corrected chi connectivity index (χ4v) is 2.39. The summed E-state index contributed by atoms with van der Waals surface area (Å²) in [7, 11) is 0. The van der Waals surface area contributed by atoms with Gasteiger partial charge in [0.1, 0.15) is 0 Å². The van der Waals surface area contributed by atoms with Crippen molar-refractivity contribution in [3.8, 4) is 0 Å². The van der Waals surface area contributed by atoms with E-state index in [4.69, 9.17) is 0 Å². The Labute approximate surface area is 239 Å². The summed E-state index contributed by atoms with van der Waals surface area (Å²) in [5.41, 5.74) is 0. The Balaban J connectivity index is -0.0000000754. The molecule has 4 atom stereocenters. The Morgan fingerprint density at radius 3 is 0.588 bits per heavy atom. The van der Waals surface area contributed by atoms with Crippen molar-refractivity contribution in [2.75, 3.05) is 26.4 Å². The molecule has 0 rings (SSSR count). The molecule has 0 aliphatic heterocycles. The van der Waals surface area contributed by atoms with E-state index in [0.29, 0.717) is 51.4 Å². The first-order valence-corrected chi connectivity index (χ1v) is 12.2. The Hall–Kier alpha value is 1.11. The van der Waals surface area contributed by atoms with Gasteiger partial charge < -0.3 is 40.9 Å². The molecule has 10 heteroatoms. The molecule has 0 aliphatic rings. The van der Waals surface area contributed by atoms with E-state index < -0.39 is 24.4 Å². The zero-order chi connectivity index (χ0) is 25.6. The quantitative estimate of drug-likeness (QED) is 0.180. The van der Waals surface area contributed by atoms with Crippen LogP contribution in [-0.4, -0.2) is 50.8 Å². The van der Waals surface area contributed by atoms with Crippen molar-refractivity contribution >= 4 is 0 Å². The zero-order valence-electron chi connectivity index (χ0n) is 21.9. The van der Waals surface area contributed by atoms with E-state index in [1.807, 2.05) is 27.7 Å². The molecular weight excluding hydrogens is 512 g/mol. The minimum atomic E-state index is -0.600. The first-order chi connectivity index (χ1) is 15.2. The molecule has 0 saturated heterocycles. The second-order valence-corrected chi connectivity index (χ2v) is 7.61. The summed E-state index contributed by atoms with van der Waals surface area (Å²) in [5.74, 6) is 0. The van der Waals surface area contributed by atoms with Crippen LogP contribution in [0, 0.1) is 0 Å². The molecule has 0 aromatic heterocycles. The van der Waals surface area contributed by atoms with E-state index >= 15 is 0 Å². The summed E-state index contributed by atoms with van der Waals surface area (Å²) in [4.78, 5) is 0. The molecule has 0 spiro atoms. The second kappa shape index (κ2) is 44.1. The molecule has 8 nitrogen and oxygen atoms in total. The topological polar surface area (TPSA) is 184 Å². The summed E-state index contributed by atoms with van der Waals surface area (Å²) in [6, 6.07) is 0. The van der Waals surface area contributed by atoms with E-state index in [9.17, 15) is 40.9 Å². The molecular formula is C24H48O8Ti2. The van der Waals surface area contributed by atoms with Gasteiger partial charge in [0.15, 0.2) is 0 Å². The fraction of sp³-hybridized carbons (Fsp3) is 1.00. The van der Waals surface area contributed by atoms with Gasteiger partial charge in [-0.25, -0.2) is 0 Å². The molecule has 0 amide bonds. The third-order valence-electron chi connectivity index (χ3n) is 4.20. The van der Waals surface area contributed by atoms with Gasteiger partial charge in [0.25, 0.3) is 0 Å². The molecule has 34 heavy (non-hydrogen) atoms. The molecule has 0 bridgehead atoms. The third kappa shape index (κ3) is 54.1. The van der Waals surface area contributed by atoms with Crippen LogP contribution in [0.4, 0.5) is 0 Å². The molecule has 0 aromatic carbocycles. The summed E-state index contributed by atoms with van der Waals surface area (Å²) in [6.07, 6.45) is 5.01. The predicted molar refractivity (Wildman–Crippen MR) is 113 cm³/mol. The van der Waals surface area contributed by atoms with Crippen molar-refractivity contribution in [2.24, 2.45) is 0 Å². The van der Waals surface area contributed by atoms with Gasteiger partial charge in [-0.15, -0.1) is 50.8 Å². The average Bonchev–Trinajstić information content (AvgIpc) is 2.71. The third-order valence-corrected chi connectivity index (χ3v) is 4.20. The fourth-order valence-electron chi connectivity index (χ4n) is 2.39. The summed E-state index contributed by atoms with van der Waals surface area (Å²) >= 11 is 0. The molecule has 0 N–H and O–H groups in total. The molecule has 200 valence electrons. The van der Waals surface area contributed by atoms with Crippen molar-refractivity contribution in [2.45, 2.75) is 129 Å². The smallest absolute Gasteiger partial charge is 0.854 e. The van der Waals surface area contributed by atoms with Crippen LogP contribution in [0.2, 0.25) is 0 Å². The van der Waals surface area contributed by atoms with Gasteiger partial charge in [0.05, 0.1) is 0 Å². The standard InChI is InChI=1S/4C6H12O2.2Ti/c4*1-2-3-6(8)4-5-7;;/h4*6H,2-5H2,1H3;;/q4*-2;2*+4. The van der Waals surface area contributed by atoms with Crippen molar-refractivity contribution in [3.05, 3.63) is 0 Å². The van der Waals surface area contributed by atoms with E-state index in [-0.39, 0.29) is 69.9 Å². The van der Waals surface area contributed by atoms with Crippen molar-refractivity contribution in [3.63, 3.8) is 0 Å². The Bertz CT molecular complexity index is 226. The van der Waals surface area contributed by atoms with Crippen LogP contribution in [0.25, 0.3) is 0 Å². The van der Waals surface area contributed by atoms with Crippen LogP contribution in [0.5, 0.6) is 0 Å². The summed E-state index contributed by atoms with van der Waals surface area (Å²) in [5, 5.41) is 81.4. The van der Waals surface area contributed by atoms with Crippen LogP contribution >= 0.6 is 0 Å². The van der Waals surface area contributed by atoms with E-state index in [1.165, 1.54) is 0 Å². The van der Waals surface area contributed by atoms with E-state index in [0.717, 1.165) is 25.7 Å². The average molecular weight is 560 g/mol. The van der Waals surface area contributed by atoms with Crippen LogP contribution in [0.15, 0.2) is 0 Å².